The van der Waals surface area contributed by atoms with Gasteiger partial charge in [-0.2, -0.15) is 11.5 Å². The Morgan fingerprint density at radius 1 is 1.53 bits per heavy atom. The van der Waals surface area contributed by atoms with E-state index in [4.69, 9.17) is 16.2 Å². The minimum absolute atomic E-state index is 0.425. The molecule has 0 aromatic carbocycles. The van der Waals surface area contributed by atoms with Crippen molar-refractivity contribution in [1.29, 1.82) is 0 Å². The number of hydrogen-bond donors (Lipinski definition) is 0. The zero-order valence-electron chi connectivity index (χ0n) is 9.45. The largest absolute Gasteiger partial charge is 0.444 e. The molecule has 0 saturated carbocycles. The van der Waals surface area contributed by atoms with Gasteiger partial charge in [0.15, 0.2) is 0 Å². The number of ether oxygens (including phenoxy) is 1. The Hall–Kier alpha value is -0.895. The maximum atomic E-state index is 11.7. The van der Waals surface area contributed by atoms with Crippen molar-refractivity contribution in [2.45, 2.75) is 33.3 Å². The van der Waals surface area contributed by atoms with Crippen molar-refractivity contribution in [3.63, 3.8) is 0 Å². The van der Waals surface area contributed by atoms with Gasteiger partial charge in [-0.05, 0) is 40.0 Å². The number of allylic oxidation sites excluding steroid dienone is 3. The highest BCUT2D eigenvalue weighted by Gasteiger charge is 2.31. The highest BCUT2D eigenvalue weighted by molar-refractivity contribution is 7.10. The first-order chi connectivity index (χ1) is 6.81. The van der Waals surface area contributed by atoms with Crippen molar-refractivity contribution in [2.75, 3.05) is 0 Å². The molecule has 0 bridgehead atoms. The third kappa shape index (κ3) is 3.31. The van der Waals surface area contributed by atoms with E-state index in [1.807, 2.05) is 33.8 Å². The van der Waals surface area contributed by atoms with Gasteiger partial charge < -0.3 is 9.55 Å². The highest BCUT2D eigenvalue weighted by Crippen LogP contribution is 2.19. The molecule has 0 N–H and O–H groups in total. The summed E-state index contributed by atoms with van der Waals surface area (Å²) in [5.41, 5.74) is 0.418. The van der Waals surface area contributed by atoms with Crippen LogP contribution in [0.15, 0.2) is 23.8 Å². The van der Waals surface area contributed by atoms with Gasteiger partial charge in [0.25, 0.3) is 0 Å². The SMILES string of the molecule is CC1=CC=CN(C(=O)OC(C)(C)C)B1Cl. The standard InChI is InChI=1S/C10H15BClNO2/c1-8-6-5-7-13(11(8)12)9(14)15-10(2,3)4/h5-7H,1-4H3. The Bertz CT molecular complexity index is 320. The monoisotopic (exact) mass is 227 g/mol. The second-order valence-electron chi connectivity index (χ2n) is 4.48. The number of carbonyl (C=O) groups is 1. The Balaban J connectivity index is 2.70. The Kier molecular flexibility index (Phi) is 3.50. The summed E-state index contributed by atoms with van der Waals surface area (Å²) >= 11 is 6.06. The summed E-state index contributed by atoms with van der Waals surface area (Å²) in [7, 11) is 0. The minimum atomic E-state index is -0.503. The number of carbonyl (C=O) groups excluding carboxylic acids is 1. The van der Waals surface area contributed by atoms with Crippen LogP contribution in [0.4, 0.5) is 4.79 Å². The molecule has 0 radical (unpaired) electrons. The second kappa shape index (κ2) is 4.31. The van der Waals surface area contributed by atoms with E-state index in [0.717, 1.165) is 5.47 Å². The van der Waals surface area contributed by atoms with Crippen LogP contribution in [-0.2, 0) is 4.74 Å². The first-order valence-corrected chi connectivity index (χ1v) is 5.25. The highest BCUT2D eigenvalue weighted by atomic mass is 35.5. The van der Waals surface area contributed by atoms with E-state index >= 15 is 0 Å². The Morgan fingerprint density at radius 2 is 2.13 bits per heavy atom. The molecule has 0 aliphatic carbocycles. The second-order valence-corrected chi connectivity index (χ2v) is 4.89. The van der Waals surface area contributed by atoms with Crippen LogP contribution in [0.5, 0.6) is 0 Å². The summed E-state index contributed by atoms with van der Waals surface area (Å²) < 4.78 is 5.22. The van der Waals surface area contributed by atoms with Gasteiger partial charge in [-0.1, -0.05) is 11.5 Å². The van der Waals surface area contributed by atoms with E-state index in [9.17, 15) is 4.79 Å². The van der Waals surface area contributed by atoms with Crippen LogP contribution < -0.4 is 0 Å². The van der Waals surface area contributed by atoms with E-state index in [-0.39, 0.29) is 0 Å². The lowest BCUT2D eigenvalue weighted by Crippen LogP contribution is -2.41. The first-order valence-electron chi connectivity index (χ1n) is 4.81. The smallest absolute Gasteiger partial charge is 0.403 e. The molecular weight excluding hydrogens is 212 g/mol. The summed E-state index contributed by atoms with van der Waals surface area (Å²) in [6.07, 6.45) is 4.39. The molecule has 15 heavy (non-hydrogen) atoms. The van der Waals surface area contributed by atoms with Crippen molar-refractivity contribution >= 4 is 23.8 Å². The molecule has 1 heterocycles. The van der Waals surface area contributed by atoms with Crippen LogP contribution in [0, 0.1) is 0 Å². The fourth-order valence-corrected chi connectivity index (χ4v) is 1.35. The molecule has 0 spiro atoms. The number of nitrogens with zero attached hydrogens (tertiary/aromatic N) is 1. The number of rotatable bonds is 0. The van der Waals surface area contributed by atoms with Crippen LogP contribution >= 0.6 is 11.5 Å². The number of amides is 1. The van der Waals surface area contributed by atoms with E-state index < -0.39 is 18.0 Å². The predicted molar refractivity (Wildman–Crippen MR) is 62.6 cm³/mol. The topological polar surface area (TPSA) is 29.5 Å². The summed E-state index contributed by atoms with van der Waals surface area (Å²) in [5, 5.41) is 0. The molecule has 0 fully saturated rings. The molecule has 3 nitrogen and oxygen atoms in total. The number of halogens is 1. The maximum Gasteiger partial charge on any atom is 0.403 e. The van der Waals surface area contributed by atoms with Crippen LogP contribution in [0.25, 0.3) is 0 Å². The first kappa shape index (κ1) is 12.2. The molecule has 1 aliphatic heterocycles. The van der Waals surface area contributed by atoms with E-state index in [1.165, 1.54) is 4.81 Å². The van der Waals surface area contributed by atoms with Gasteiger partial charge in [0, 0.05) is 0 Å². The number of hydrogen-bond acceptors (Lipinski definition) is 2. The molecule has 0 aromatic rings. The van der Waals surface area contributed by atoms with Gasteiger partial charge in [-0.15, -0.1) is 0 Å². The molecule has 1 amide bonds. The zero-order chi connectivity index (χ0) is 11.6. The van der Waals surface area contributed by atoms with Gasteiger partial charge in [0.2, 0.25) is 0 Å². The summed E-state index contributed by atoms with van der Waals surface area (Å²) in [5.74, 6) is 0. The molecule has 0 saturated heterocycles. The van der Waals surface area contributed by atoms with E-state index in [1.54, 1.807) is 12.3 Å². The van der Waals surface area contributed by atoms with Crippen molar-refractivity contribution in [3.05, 3.63) is 23.8 Å². The predicted octanol–water partition coefficient (Wildman–Crippen LogP) is 2.96. The zero-order valence-corrected chi connectivity index (χ0v) is 10.2. The van der Waals surface area contributed by atoms with Gasteiger partial charge in [0.05, 0.1) is 0 Å². The molecule has 0 atom stereocenters. The quantitative estimate of drug-likeness (QED) is 0.596. The van der Waals surface area contributed by atoms with Gasteiger partial charge in [-0.3, -0.25) is 0 Å². The summed E-state index contributed by atoms with van der Waals surface area (Å²) in [4.78, 5) is 13.1. The molecule has 1 rings (SSSR count). The average Bonchev–Trinajstić information content (AvgIpc) is 2.06. The third-order valence-corrected chi connectivity index (χ3v) is 2.38. The molecule has 0 unspecified atom stereocenters. The van der Waals surface area contributed by atoms with Crippen LogP contribution in [-0.4, -0.2) is 22.8 Å². The molecular formula is C10H15BClNO2. The van der Waals surface area contributed by atoms with Crippen molar-refractivity contribution in [3.8, 4) is 0 Å². The van der Waals surface area contributed by atoms with Crippen LogP contribution in [0.3, 0.4) is 0 Å². The molecule has 82 valence electrons. The minimum Gasteiger partial charge on any atom is -0.444 e. The maximum absolute atomic E-state index is 11.7. The van der Waals surface area contributed by atoms with Crippen molar-refractivity contribution in [2.24, 2.45) is 0 Å². The lowest BCUT2D eigenvalue weighted by atomic mass is 9.77. The summed E-state index contributed by atoms with van der Waals surface area (Å²) in [6.45, 7) is 7.35. The molecule has 0 aromatic heterocycles. The molecule has 1 aliphatic rings. The summed E-state index contributed by atoms with van der Waals surface area (Å²) in [6, 6.07) is 0. The fourth-order valence-electron chi connectivity index (χ4n) is 1.13. The Labute approximate surface area is 95.7 Å². The van der Waals surface area contributed by atoms with E-state index in [0.29, 0.717) is 0 Å². The third-order valence-electron chi connectivity index (χ3n) is 1.83. The van der Waals surface area contributed by atoms with Crippen molar-refractivity contribution < 1.29 is 9.53 Å². The Morgan fingerprint density at radius 3 is 2.67 bits per heavy atom. The molecule has 5 heteroatoms. The van der Waals surface area contributed by atoms with Crippen molar-refractivity contribution in [1.82, 2.24) is 4.81 Å². The fraction of sp³-hybridized carbons (Fsp3) is 0.500. The average molecular weight is 228 g/mol. The lowest BCUT2D eigenvalue weighted by molar-refractivity contribution is 0.0437. The lowest BCUT2D eigenvalue weighted by Gasteiger charge is -2.28. The van der Waals surface area contributed by atoms with Crippen LogP contribution in [0.1, 0.15) is 27.7 Å². The van der Waals surface area contributed by atoms with E-state index in [2.05, 4.69) is 0 Å². The van der Waals surface area contributed by atoms with Gasteiger partial charge >= 0.3 is 12.4 Å². The van der Waals surface area contributed by atoms with Gasteiger partial charge in [-0.25, -0.2) is 4.79 Å². The van der Waals surface area contributed by atoms with Crippen LogP contribution in [0.2, 0.25) is 0 Å². The normalized spacial score (nSPS) is 16.5. The van der Waals surface area contributed by atoms with Gasteiger partial charge in [0.1, 0.15) is 5.60 Å².